The van der Waals surface area contributed by atoms with Crippen LogP contribution in [0, 0.1) is 5.41 Å². The first-order valence-electron chi connectivity index (χ1n) is 9.55. The zero-order valence-electron chi connectivity index (χ0n) is 16.3. The Labute approximate surface area is 167 Å². The number of thioether (sulfide) groups is 1. The van der Waals surface area contributed by atoms with Crippen LogP contribution in [0.25, 0.3) is 0 Å². The fraction of sp³-hybridized carbons (Fsp3) is 0.650. The van der Waals surface area contributed by atoms with Gasteiger partial charge in [-0.05, 0) is 31.5 Å². The van der Waals surface area contributed by atoms with Gasteiger partial charge in [0.25, 0.3) is 10.1 Å². The number of Topliss-reactive ketones (excluding diaryl/α,β-unsaturated/α-hetero) is 1. The Hall–Kier alpha value is -0.890. The molecule has 5 nitrogen and oxygen atoms in total. The third kappa shape index (κ3) is 7.94. The average molecular weight is 414 g/mol. The van der Waals surface area contributed by atoms with E-state index in [0.717, 1.165) is 25.2 Å². The summed E-state index contributed by atoms with van der Waals surface area (Å²) in [6.07, 6.45) is 4.02. The number of likely N-dealkylation sites (tertiary alicyclic amines) is 1. The van der Waals surface area contributed by atoms with Gasteiger partial charge in [-0.1, -0.05) is 50.6 Å². The number of benzene rings is 1. The van der Waals surface area contributed by atoms with Crippen molar-refractivity contribution in [3.05, 3.63) is 35.9 Å². The fourth-order valence-electron chi connectivity index (χ4n) is 3.45. The maximum absolute atomic E-state index is 13.1. The minimum atomic E-state index is -3.99. The molecule has 1 aromatic carbocycles. The molecule has 7 heteroatoms. The van der Waals surface area contributed by atoms with Crippen LogP contribution in [0.5, 0.6) is 0 Å². The van der Waals surface area contributed by atoms with E-state index < -0.39 is 15.5 Å². The second kappa shape index (κ2) is 10.0. The Morgan fingerprint density at radius 1 is 1.19 bits per heavy atom. The van der Waals surface area contributed by atoms with Crippen molar-refractivity contribution in [2.24, 2.45) is 5.41 Å². The predicted molar refractivity (Wildman–Crippen MR) is 112 cm³/mol. The lowest BCUT2D eigenvalue weighted by atomic mass is 9.84. The van der Waals surface area contributed by atoms with Gasteiger partial charge in [0.2, 0.25) is 0 Å². The summed E-state index contributed by atoms with van der Waals surface area (Å²) >= 11 is 1.42. The van der Waals surface area contributed by atoms with Crippen LogP contribution < -0.4 is 0 Å². The number of carbonyl (C=O) groups excluding carboxylic acids is 1. The van der Waals surface area contributed by atoms with Gasteiger partial charge in [0.1, 0.15) is 5.78 Å². The van der Waals surface area contributed by atoms with E-state index in [2.05, 4.69) is 4.90 Å². The Kier molecular flexibility index (Phi) is 8.34. The van der Waals surface area contributed by atoms with Crippen molar-refractivity contribution < 1.29 is 17.8 Å². The van der Waals surface area contributed by atoms with Crippen molar-refractivity contribution in [1.29, 1.82) is 0 Å². The fourth-order valence-corrected chi connectivity index (χ4v) is 5.58. The predicted octanol–water partition coefficient (Wildman–Crippen LogP) is 3.82. The standard InChI is InChI=1S/C20H31NO4S2/c1-20(2,16-21-11-7-4-8-12-21)19(22)15-18(17-9-5-3-6-10-17)26-13-14-27(23,24)25/h3,5-6,9-10,18H,4,7-8,11-16H2,1-2H3,(H,23,24,25)/t18-/m1/s1. The smallest absolute Gasteiger partial charge is 0.265 e. The number of piperidine rings is 1. The SMILES string of the molecule is CC(C)(CN1CCCCC1)C(=O)C[C@@H](SCCS(=O)(=O)O)c1ccccc1. The summed E-state index contributed by atoms with van der Waals surface area (Å²) in [4.78, 5) is 15.5. The number of nitrogens with zero attached hydrogens (tertiary/aromatic N) is 1. The van der Waals surface area contributed by atoms with E-state index in [-0.39, 0.29) is 22.5 Å². The normalized spacial score (nSPS) is 17.6. The highest BCUT2D eigenvalue weighted by molar-refractivity contribution is 8.00. The molecule has 0 spiro atoms. The molecule has 1 N–H and O–H groups in total. The van der Waals surface area contributed by atoms with Gasteiger partial charge in [0, 0.05) is 29.4 Å². The van der Waals surface area contributed by atoms with E-state index in [9.17, 15) is 13.2 Å². The van der Waals surface area contributed by atoms with E-state index in [1.165, 1.54) is 31.0 Å². The summed E-state index contributed by atoms with van der Waals surface area (Å²) in [5.74, 6) is 0.159. The molecule has 27 heavy (non-hydrogen) atoms. The zero-order valence-corrected chi connectivity index (χ0v) is 17.9. The van der Waals surface area contributed by atoms with Crippen LogP contribution in [-0.2, 0) is 14.9 Å². The van der Waals surface area contributed by atoms with Crippen LogP contribution in [0.1, 0.15) is 50.3 Å². The molecule has 1 saturated heterocycles. The van der Waals surface area contributed by atoms with Crippen LogP contribution in [0.15, 0.2) is 30.3 Å². The zero-order chi connectivity index (χ0) is 19.9. The van der Waals surface area contributed by atoms with Gasteiger partial charge >= 0.3 is 0 Å². The molecule has 0 bridgehead atoms. The van der Waals surface area contributed by atoms with Gasteiger partial charge in [0.05, 0.1) is 5.75 Å². The molecule has 1 atom stereocenters. The summed E-state index contributed by atoms with van der Waals surface area (Å²) < 4.78 is 31.0. The highest BCUT2D eigenvalue weighted by Gasteiger charge is 2.32. The largest absolute Gasteiger partial charge is 0.302 e. The second-order valence-electron chi connectivity index (χ2n) is 7.90. The van der Waals surface area contributed by atoms with Gasteiger partial charge in [-0.2, -0.15) is 20.2 Å². The molecule has 0 radical (unpaired) electrons. The Bertz CT molecular complexity index is 698. The minimum absolute atomic E-state index is 0.110. The molecule has 1 aliphatic heterocycles. The highest BCUT2D eigenvalue weighted by Crippen LogP contribution is 2.35. The summed E-state index contributed by atoms with van der Waals surface area (Å²) in [7, 11) is -3.99. The summed E-state index contributed by atoms with van der Waals surface area (Å²) in [5.41, 5.74) is 0.577. The topological polar surface area (TPSA) is 74.7 Å². The van der Waals surface area contributed by atoms with Crippen molar-refractivity contribution in [1.82, 2.24) is 4.90 Å². The lowest BCUT2D eigenvalue weighted by Gasteiger charge is -2.34. The molecule has 0 unspecified atom stereocenters. The third-order valence-electron chi connectivity index (χ3n) is 5.02. The molecule has 1 aromatic rings. The Balaban J connectivity index is 2.02. The van der Waals surface area contributed by atoms with E-state index in [0.29, 0.717) is 6.42 Å². The first kappa shape index (κ1) is 22.4. The van der Waals surface area contributed by atoms with E-state index in [1.54, 1.807) is 0 Å². The molecule has 0 saturated carbocycles. The number of ketones is 1. The molecule has 1 fully saturated rings. The van der Waals surface area contributed by atoms with Crippen LogP contribution in [-0.4, -0.2) is 54.8 Å². The van der Waals surface area contributed by atoms with E-state index in [4.69, 9.17) is 4.55 Å². The molecule has 1 heterocycles. The number of hydrogen-bond donors (Lipinski definition) is 1. The maximum Gasteiger partial charge on any atom is 0.265 e. The second-order valence-corrected chi connectivity index (χ2v) is 10.8. The molecule has 0 aliphatic carbocycles. The summed E-state index contributed by atoms with van der Waals surface area (Å²) in [5, 5.41) is -0.110. The van der Waals surface area contributed by atoms with Crippen molar-refractivity contribution in [2.45, 2.75) is 44.8 Å². The monoisotopic (exact) mass is 413 g/mol. The van der Waals surface area contributed by atoms with Crippen molar-refractivity contribution in [3.8, 4) is 0 Å². The number of carbonyl (C=O) groups is 1. The van der Waals surface area contributed by atoms with Crippen molar-refractivity contribution in [2.75, 3.05) is 31.1 Å². The van der Waals surface area contributed by atoms with Crippen LogP contribution >= 0.6 is 11.8 Å². The minimum Gasteiger partial charge on any atom is -0.302 e. The summed E-state index contributed by atoms with van der Waals surface area (Å²) in [6, 6.07) is 9.71. The number of rotatable bonds is 10. The van der Waals surface area contributed by atoms with Crippen LogP contribution in [0.3, 0.4) is 0 Å². The van der Waals surface area contributed by atoms with E-state index in [1.807, 2.05) is 44.2 Å². The molecule has 1 aliphatic rings. The van der Waals surface area contributed by atoms with Crippen molar-refractivity contribution in [3.63, 3.8) is 0 Å². The van der Waals surface area contributed by atoms with Crippen LogP contribution in [0.4, 0.5) is 0 Å². The lowest BCUT2D eigenvalue weighted by molar-refractivity contribution is -0.128. The highest BCUT2D eigenvalue weighted by atomic mass is 32.2. The summed E-state index contributed by atoms with van der Waals surface area (Å²) in [6.45, 7) is 6.90. The van der Waals surface area contributed by atoms with Crippen LogP contribution in [0.2, 0.25) is 0 Å². The molecule has 0 amide bonds. The molecule has 152 valence electrons. The lowest BCUT2D eigenvalue weighted by Crippen LogP contribution is -2.42. The first-order valence-corrected chi connectivity index (χ1v) is 12.2. The Morgan fingerprint density at radius 3 is 2.41 bits per heavy atom. The molecule has 2 rings (SSSR count). The van der Waals surface area contributed by atoms with Gasteiger partial charge < -0.3 is 4.90 Å². The van der Waals surface area contributed by atoms with Gasteiger partial charge in [-0.15, -0.1) is 0 Å². The van der Waals surface area contributed by atoms with E-state index >= 15 is 0 Å². The first-order chi connectivity index (χ1) is 12.7. The van der Waals surface area contributed by atoms with Gasteiger partial charge in [-0.3, -0.25) is 9.35 Å². The molecule has 0 aromatic heterocycles. The Morgan fingerprint density at radius 2 is 1.81 bits per heavy atom. The van der Waals surface area contributed by atoms with Gasteiger partial charge in [0.15, 0.2) is 0 Å². The average Bonchev–Trinajstić information content (AvgIpc) is 2.61. The molecular formula is C20H31NO4S2. The third-order valence-corrected chi connectivity index (χ3v) is 7.28. The molecular weight excluding hydrogens is 382 g/mol. The quantitative estimate of drug-likeness (QED) is 0.588. The van der Waals surface area contributed by atoms with Crippen molar-refractivity contribution >= 4 is 27.7 Å². The van der Waals surface area contributed by atoms with Gasteiger partial charge in [-0.25, -0.2) is 0 Å². The number of hydrogen-bond acceptors (Lipinski definition) is 5. The maximum atomic E-state index is 13.1.